The minimum absolute atomic E-state index is 0.113. The van der Waals surface area contributed by atoms with Gasteiger partial charge >= 0.3 is 0 Å². The summed E-state index contributed by atoms with van der Waals surface area (Å²) in [5, 5.41) is 23.3. The van der Waals surface area contributed by atoms with Gasteiger partial charge in [0.05, 0.1) is 0 Å². The highest BCUT2D eigenvalue weighted by Gasteiger charge is 2.09. The number of hydrogen-bond donors (Lipinski definition) is 3. The molecule has 4 heteroatoms. The zero-order valence-corrected chi connectivity index (χ0v) is 11.1. The number of benzene rings is 3. The van der Waals surface area contributed by atoms with E-state index in [9.17, 15) is 15.0 Å². The summed E-state index contributed by atoms with van der Waals surface area (Å²) in [5.41, 5.74) is 1.08. The van der Waals surface area contributed by atoms with Crippen molar-refractivity contribution in [2.75, 3.05) is 5.32 Å². The van der Waals surface area contributed by atoms with E-state index in [2.05, 4.69) is 5.32 Å². The maximum Gasteiger partial charge on any atom is 0.255 e. The van der Waals surface area contributed by atoms with Crippen molar-refractivity contribution in [1.82, 2.24) is 0 Å². The van der Waals surface area contributed by atoms with Crippen LogP contribution in [0, 0.1) is 0 Å². The molecule has 0 heterocycles. The lowest BCUT2D eigenvalue weighted by atomic mass is 10.1. The fourth-order valence-electron chi connectivity index (χ4n) is 2.20. The molecule has 3 rings (SSSR count). The largest absolute Gasteiger partial charge is 0.508 e. The quantitative estimate of drug-likeness (QED) is 0.629. The Balaban J connectivity index is 1.97. The van der Waals surface area contributed by atoms with Gasteiger partial charge in [0.1, 0.15) is 11.5 Å². The average molecular weight is 279 g/mol. The number of anilines is 1. The van der Waals surface area contributed by atoms with Gasteiger partial charge in [-0.05, 0) is 36.4 Å². The Morgan fingerprint density at radius 3 is 2.19 bits per heavy atom. The number of phenols is 2. The van der Waals surface area contributed by atoms with Crippen molar-refractivity contribution in [3.63, 3.8) is 0 Å². The first-order valence-electron chi connectivity index (χ1n) is 6.46. The van der Waals surface area contributed by atoms with Gasteiger partial charge < -0.3 is 15.5 Å². The van der Waals surface area contributed by atoms with Crippen LogP contribution >= 0.6 is 0 Å². The monoisotopic (exact) mass is 279 g/mol. The molecule has 4 nitrogen and oxygen atoms in total. The predicted octanol–water partition coefficient (Wildman–Crippen LogP) is 3.50. The molecular weight excluding hydrogens is 266 g/mol. The van der Waals surface area contributed by atoms with Gasteiger partial charge in [-0.15, -0.1) is 0 Å². The molecule has 0 saturated carbocycles. The first kappa shape index (κ1) is 13.0. The summed E-state index contributed by atoms with van der Waals surface area (Å²) in [5.74, 6) is 0.0145. The van der Waals surface area contributed by atoms with Crippen molar-refractivity contribution >= 4 is 22.4 Å². The highest BCUT2D eigenvalue weighted by atomic mass is 16.3. The molecule has 0 saturated heterocycles. The number of hydrogen-bond acceptors (Lipinski definition) is 3. The van der Waals surface area contributed by atoms with E-state index in [1.54, 1.807) is 30.3 Å². The topological polar surface area (TPSA) is 69.6 Å². The molecule has 0 radical (unpaired) electrons. The van der Waals surface area contributed by atoms with Crippen molar-refractivity contribution in [3.05, 3.63) is 66.2 Å². The van der Waals surface area contributed by atoms with Gasteiger partial charge in [-0.25, -0.2) is 0 Å². The van der Waals surface area contributed by atoms with Crippen molar-refractivity contribution in [2.45, 2.75) is 0 Å². The Morgan fingerprint density at radius 2 is 1.48 bits per heavy atom. The van der Waals surface area contributed by atoms with E-state index in [4.69, 9.17) is 0 Å². The third kappa shape index (κ3) is 2.51. The molecule has 0 aliphatic heterocycles. The summed E-state index contributed by atoms with van der Waals surface area (Å²) in [6, 6.07) is 16.5. The van der Waals surface area contributed by atoms with E-state index in [1.807, 2.05) is 18.2 Å². The lowest BCUT2D eigenvalue weighted by molar-refractivity contribution is 0.102. The minimum Gasteiger partial charge on any atom is -0.508 e. The predicted molar refractivity (Wildman–Crippen MR) is 81.7 cm³/mol. The number of fused-ring (bicyclic) bond motifs is 1. The Bertz CT molecular complexity index is 810. The van der Waals surface area contributed by atoms with Crippen LogP contribution in [0.4, 0.5) is 5.69 Å². The highest BCUT2D eigenvalue weighted by molar-refractivity contribution is 6.10. The summed E-state index contributed by atoms with van der Waals surface area (Å²) in [6.07, 6.45) is 0. The van der Waals surface area contributed by atoms with Crippen LogP contribution in [-0.4, -0.2) is 16.1 Å². The molecule has 1 amide bonds. The smallest absolute Gasteiger partial charge is 0.255 e. The number of amides is 1. The molecule has 0 unspecified atom stereocenters. The molecule has 0 fully saturated rings. The molecular formula is C17H13NO3. The Labute approximate surface area is 121 Å². The van der Waals surface area contributed by atoms with Crippen molar-refractivity contribution in [2.24, 2.45) is 0 Å². The van der Waals surface area contributed by atoms with Crippen molar-refractivity contribution in [1.29, 1.82) is 0 Å². The first-order valence-corrected chi connectivity index (χ1v) is 6.46. The Hall–Kier alpha value is -3.01. The number of carbonyl (C=O) groups excluding carboxylic acids is 1. The molecule has 0 atom stereocenters. The molecule has 3 aromatic rings. The Morgan fingerprint density at radius 1 is 0.810 bits per heavy atom. The van der Waals surface area contributed by atoms with E-state index in [0.29, 0.717) is 16.6 Å². The third-order valence-corrected chi connectivity index (χ3v) is 3.28. The second-order valence-corrected chi connectivity index (χ2v) is 4.68. The lowest BCUT2D eigenvalue weighted by Gasteiger charge is -2.10. The van der Waals surface area contributed by atoms with Crippen LogP contribution in [0.1, 0.15) is 10.4 Å². The van der Waals surface area contributed by atoms with Crippen LogP contribution in [0.5, 0.6) is 11.5 Å². The molecule has 0 aliphatic carbocycles. The molecule has 0 bridgehead atoms. The third-order valence-electron chi connectivity index (χ3n) is 3.28. The molecule has 21 heavy (non-hydrogen) atoms. The number of phenolic OH excluding ortho intramolecular Hbond substituents is 2. The number of nitrogens with one attached hydrogen (secondary N) is 1. The summed E-state index contributed by atoms with van der Waals surface area (Å²) >= 11 is 0. The second-order valence-electron chi connectivity index (χ2n) is 4.68. The van der Waals surface area contributed by atoms with Crippen LogP contribution in [0.15, 0.2) is 60.7 Å². The van der Waals surface area contributed by atoms with E-state index in [-0.39, 0.29) is 17.4 Å². The first-order chi connectivity index (χ1) is 10.1. The van der Waals surface area contributed by atoms with Gasteiger partial charge in [-0.3, -0.25) is 4.79 Å². The molecule has 3 aromatic carbocycles. The molecule has 3 N–H and O–H groups in total. The maximum atomic E-state index is 12.2. The molecule has 104 valence electrons. The van der Waals surface area contributed by atoms with E-state index in [0.717, 1.165) is 5.39 Å². The zero-order chi connectivity index (χ0) is 14.8. The fourth-order valence-corrected chi connectivity index (χ4v) is 2.20. The molecule has 0 aromatic heterocycles. The van der Waals surface area contributed by atoms with Crippen LogP contribution in [0.3, 0.4) is 0 Å². The van der Waals surface area contributed by atoms with Crippen LogP contribution < -0.4 is 5.32 Å². The van der Waals surface area contributed by atoms with Gasteiger partial charge in [-0.1, -0.05) is 24.3 Å². The number of carbonyl (C=O) groups is 1. The van der Waals surface area contributed by atoms with E-state index in [1.165, 1.54) is 12.1 Å². The summed E-state index contributed by atoms with van der Waals surface area (Å²) in [6.45, 7) is 0. The number of aromatic hydroxyl groups is 2. The average Bonchev–Trinajstić information content (AvgIpc) is 2.51. The normalized spacial score (nSPS) is 10.5. The molecule has 0 aliphatic rings. The van der Waals surface area contributed by atoms with Gasteiger partial charge in [0.2, 0.25) is 0 Å². The van der Waals surface area contributed by atoms with Crippen molar-refractivity contribution < 1.29 is 15.0 Å². The Kier molecular flexibility index (Phi) is 3.20. The van der Waals surface area contributed by atoms with E-state index >= 15 is 0 Å². The standard InChI is InChI=1S/C17H13NO3/c19-12-7-5-11(6-8-12)17(21)18-15-9-10-16(20)14-4-2-1-3-13(14)15/h1-10,19-20H,(H,18,21). The van der Waals surface area contributed by atoms with Crippen molar-refractivity contribution in [3.8, 4) is 11.5 Å². The highest BCUT2D eigenvalue weighted by Crippen LogP contribution is 2.30. The summed E-state index contributed by atoms with van der Waals surface area (Å²) in [4.78, 5) is 12.2. The SMILES string of the molecule is O=C(Nc1ccc(O)c2ccccc12)c1ccc(O)cc1. The lowest BCUT2D eigenvalue weighted by Crippen LogP contribution is -2.11. The number of rotatable bonds is 2. The van der Waals surface area contributed by atoms with Gasteiger partial charge in [0.15, 0.2) is 0 Å². The fraction of sp³-hybridized carbons (Fsp3) is 0. The minimum atomic E-state index is -0.272. The van der Waals surface area contributed by atoms with Crippen LogP contribution in [-0.2, 0) is 0 Å². The van der Waals surface area contributed by atoms with Crippen LogP contribution in [0.2, 0.25) is 0 Å². The second kappa shape index (κ2) is 5.17. The van der Waals surface area contributed by atoms with Gasteiger partial charge in [0.25, 0.3) is 5.91 Å². The summed E-state index contributed by atoms with van der Waals surface area (Å²) < 4.78 is 0. The molecule has 0 spiro atoms. The zero-order valence-electron chi connectivity index (χ0n) is 11.1. The van der Waals surface area contributed by atoms with Gasteiger partial charge in [0, 0.05) is 22.0 Å². The maximum absolute atomic E-state index is 12.2. The van der Waals surface area contributed by atoms with E-state index < -0.39 is 0 Å². The van der Waals surface area contributed by atoms with Gasteiger partial charge in [-0.2, -0.15) is 0 Å². The van der Waals surface area contributed by atoms with Crippen LogP contribution in [0.25, 0.3) is 10.8 Å². The summed E-state index contributed by atoms with van der Waals surface area (Å²) in [7, 11) is 0.